The van der Waals surface area contributed by atoms with Gasteiger partial charge in [0.15, 0.2) is 0 Å². The van der Waals surface area contributed by atoms with Gasteiger partial charge in [-0.15, -0.1) is 0 Å². The summed E-state index contributed by atoms with van der Waals surface area (Å²) in [5, 5.41) is 8.37. The van der Waals surface area contributed by atoms with Gasteiger partial charge in [-0.25, -0.2) is 0 Å². The van der Waals surface area contributed by atoms with Gasteiger partial charge in [-0.05, 0) is 6.42 Å². The Kier molecular flexibility index (Phi) is 5.06. The quantitative estimate of drug-likeness (QED) is 0.618. The zero-order chi connectivity index (χ0) is 10.4. The smallest absolute Gasteiger partial charge is 0.305 e. The lowest BCUT2D eigenvalue weighted by Crippen LogP contribution is -2.42. The van der Waals surface area contributed by atoms with E-state index in [1.807, 2.05) is 6.92 Å². The molecule has 76 valence electrons. The number of nitrogens with two attached hydrogens (primary N) is 1. The number of likely N-dealkylation sites (N-methyl/N-ethyl adjacent to an activating group) is 1. The van der Waals surface area contributed by atoms with Gasteiger partial charge < -0.3 is 15.7 Å². The van der Waals surface area contributed by atoms with Crippen LogP contribution >= 0.6 is 0 Å². The van der Waals surface area contributed by atoms with Crippen molar-refractivity contribution in [3.8, 4) is 0 Å². The average molecular weight is 188 g/mol. The van der Waals surface area contributed by atoms with Gasteiger partial charge in [0.05, 0.1) is 12.5 Å². The second-order valence-electron chi connectivity index (χ2n) is 2.92. The van der Waals surface area contributed by atoms with Crippen LogP contribution in [0.1, 0.15) is 19.8 Å². The van der Waals surface area contributed by atoms with Crippen molar-refractivity contribution in [1.29, 1.82) is 0 Å². The van der Waals surface area contributed by atoms with E-state index in [0.717, 1.165) is 0 Å². The molecule has 0 aliphatic rings. The molecule has 13 heavy (non-hydrogen) atoms. The van der Waals surface area contributed by atoms with E-state index >= 15 is 0 Å². The number of amides is 1. The first-order valence-electron chi connectivity index (χ1n) is 4.21. The van der Waals surface area contributed by atoms with Gasteiger partial charge in [0.1, 0.15) is 0 Å². The molecular formula is C8H16N2O3. The summed E-state index contributed by atoms with van der Waals surface area (Å²) >= 11 is 0. The number of nitrogens with zero attached hydrogens (tertiary/aromatic N) is 1. The number of carboxylic acids is 1. The van der Waals surface area contributed by atoms with Crippen LogP contribution in [0.2, 0.25) is 0 Å². The summed E-state index contributed by atoms with van der Waals surface area (Å²) in [5.41, 5.74) is 5.49. The molecule has 0 radical (unpaired) electrons. The molecule has 0 saturated heterocycles. The lowest BCUT2D eigenvalue weighted by Gasteiger charge is -2.19. The number of carbonyl (C=O) groups is 2. The minimum atomic E-state index is -0.912. The van der Waals surface area contributed by atoms with Crippen molar-refractivity contribution in [1.82, 2.24) is 4.90 Å². The van der Waals surface area contributed by atoms with Gasteiger partial charge in [0, 0.05) is 13.6 Å². The van der Waals surface area contributed by atoms with Gasteiger partial charge in [-0.1, -0.05) is 6.92 Å². The Morgan fingerprint density at radius 2 is 2.08 bits per heavy atom. The first-order chi connectivity index (χ1) is 5.99. The monoisotopic (exact) mass is 188 g/mol. The summed E-state index contributed by atoms with van der Waals surface area (Å²) in [7, 11) is 1.56. The first kappa shape index (κ1) is 11.9. The second-order valence-corrected chi connectivity index (χ2v) is 2.92. The highest BCUT2D eigenvalue weighted by Gasteiger charge is 2.16. The molecule has 1 amide bonds. The maximum absolute atomic E-state index is 11.3. The van der Waals surface area contributed by atoms with E-state index in [0.29, 0.717) is 6.42 Å². The van der Waals surface area contributed by atoms with E-state index in [9.17, 15) is 9.59 Å². The van der Waals surface area contributed by atoms with E-state index in [2.05, 4.69) is 0 Å². The van der Waals surface area contributed by atoms with E-state index in [-0.39, 0.29) is 18.9 Å². The standard InChI is InChI=1S/C8H16N2O3/c1-3-6(9)8(13)10(2)5-4-7(11)12/h6H,3-5,9H2,1-2H3,(H,11,12). The lowest BCUT2D eigenvalue weighted by molar-refractivity contribution is -0.138. The van der Waals surface area contributed by atoms with Crippen LogP contribution < -0.4 is 5.73 Å². The zero-order valence-electron chi connectivity index (χ0n) is 7.99. The zero-order valence-corrected chi connectivity index (χ0v) is 7.99. The molecule has 0 fully saturated rings. The number of carbonyl (C=O) groups excluding carboxylic acids is 1. The number of rotatable bonds is 5. The molecule has 0 aliphatic heterocycles. The van der Waals surface area contributed by atoms with Crippen molar-refractivity contribution in [2.24, 2.45) is 5.73 Å². The van der Waals surface area contributed by atoms with Crippen LogP contribution in [-0.2, 0) is 9.59 Å². The lowest BCUT2D eigenvalue weighted by atomic mass is 10.2. The Morgan fingerprint density at radius 3 is 2.46 bits per heavy atom. The molecule has 5 heteroatoms. The molecule has 0 rings (SSSR count). The molecule has 0 aliphatic carbocycles. The SMILES string of the molecule is CCC(N)C(=O)N(C)CCC(=O)O. The number of hydrogen-bond donors (Lipinski definition) is 2. The topological polar surface area (TPSA) is 83.6 Å². The summed E-state index contributed by atoms with van der Waals surface area (Å²) in [5.74, 6) is -1.12. The summed E-state index contributed by atoms with van der Waals surface area (Å²) in [4.78, 5) is 22.8. The van der Waals surface area contributed by atoms with Crippen molar-refractivity contribution in [2.45, 2.75) is 25.8 Å². The first-order valence-corrected chi connectivity index (χ1v) is 4.21. The van der Waals surface area contributed by atoms with Crippen LogP contribution in [0.5, 0.6) is 0 Å². The predicted molar refractivity (Wildman–Crippen MR) is 48.2 cm³/mol. The molecule has 3 N–H and O–H groups in total. The highest BCUT2D eigenvalue weighted by molar-refractivity contribution is 5.81. The maximum atomic E-state index is 11.3. The Balaban J connectivity index is 3.89. The fourth-order valence-corrected chi connectivity index (χ4v) is 0.831. The highest BCUT2D eigenvalue weighted by atomic mass is 16.4. The second kappa shape index (κ2) is 5.53. The Bertz CT molecular complexity index is 194. The molecular weight excluding hydrogens is 172 g/mol. The normalized spacial score (nSPS) is 12.2. The number of hydrogen-bond acceptors (Lipinski definition) is 3. The van der Waals surface area contributed by atoms with E-state index in [4.69, 9.17) is 10.8 Å². The van der Waals surface area contributed by atoms with Crippen LogP contribution in [0.3, 0.4) is 0 Å². The summed E-state index contributed by atoms with van der Waals surface area (Å²) in [6, 6.07) is -0.515. The third-order valence-electron chi connectivity index (χ3n) is 1.79. The molecule has 0 heterocycles. The Hall–Kier alpha value is -1.10. The van der Waals surface area contributed by atoms with Crippen LogP contribution in [0.25, 0.3) is 0 Å². The van der Waals surface area contributed by atoms with E-state index < -0.39 is 12.0 Å². The Morgan fingerprint density at radius 1 is 1.54 bits per heavy atom. The molecule has 0 saturated carbocycles. The van der Waals surface area contributed by atoms with Crippen molar-refractivity contribution in [3.05, 3.63) is 0 Å². The van der Waals surface area contributed by atoms with Crippen LogP contribution in [0.15, 0.2) is 0 Å². The average Bonchev–Trinajstić information content (AvgIpc) is 2.11. The summed E-state index contributed by atoms with van der Waals surface area (Å²) < 4.78 is 0. The third kappa shape index (κ3) is 4.47. The summed E-state index contributed by atoms with van der Waals surface area (Å²) in [6.07, 6.45) is 0.523. The molecule has 0 aromatic rings. The number of carboxylic acid groups (broad SMARTS) is 1. The highest BCUT2D eigenvalue weighted by Crippen LogP contribution is 1.95. The molecule has 0 bridgehead atoms. The molecule has 0 aromatic carbocycles. The predicted octanol–water partition coefficient (Wildman–Crippen LogP) is -0.343. The maximum Gasteiger partial charge on any atom is 0.305 e. The molecule has 5 nitrogen and oxygen atoms in total. The summed E-state index contributed by atoms with van der Waals surface area (Å²) in [6.45, 7) is 2.02. The minimum Gasteiger partial charge on any atom is -0.481 e. The fourth-order valence-electron chi connectivity index (χ4n) is 0.831. The number of aliphatic carboxylic acids is 1. The molecule has 0 aromatic heterocycles. The Labute approximate surface area is 77.5 Å². The largest absolute Gasteiger partial charge is 0.481 e. The van der Waals surface area contributed by atoms with Gasteiger partial charge >= 0.3 is 5.97 Å². The van der Waals surface area contributed by atoms with Gasteiger partial charge in [-0.2, -0.15) is 0 Å². The van der Waals surface area contributed by atoms with Crippen molar-refractivity contribution >= 4 is 11.9 Å². The van der Waals surface area contributed by atoms with Crippen molar-refractivity contribution in [2.75, 3.05) is 13.6 Å². The van der Waals surface area contributed by atoms with Gasteiger partial charge in [0.2, 0.25) is 5.91 Å². The van der Waals surface area contributed by atoms with Crippen molar-refractivity contribution in [3.63, 3.8) is 0 Å². The fraction of sp³-hybridized carbons (Fsp3) is 0.750. The van der Waals surface area contributed by atoms with E-state index in [1.165, 1.54) is 4.90 Å². The van der Waals surface area contributed by atoms with Gasteiger partial charge in [-0.3, -0.25) is 9.59 Å². The van der Waals surface area contributed by atoms with Crippen molar-refractivity contribution < 1.29 is 14.7 Å². The molecule has 0 spiro atoms. The van der Waals surface area contributed by atoms with Crippen LogP contribution in [0, 0.1) is 0 Å². The molecule has 1 atom stereocenters. The van der Waals surface area contributed by atoms with E-state index in [1.54, 1.807) is 7.05 Å². The van der Waals surface area contributed by atoms with Crippen LogP contribution in [-0.4, -0.2) is 41.5 Å². The van der Waals surface area contributed by atoms with Crippen LogP contribution in [0.4, 0.5) is 0 Å². The van der Waals surface area contributed by atoms with Gasteiger partial charge in [0.25, 0.3) is 0 Å². The third-order valence-corrected chi connectivity index (χ3v) is 1.79. The minimum absolute atomic E-state index is 0.0430. The molecule has 1 unspecified atom stereocenters.